The van der Waals surface area contributed by atoms with Crippen LogP contribution in [0.1, 0.15) is 53.9 Å². The van der Waals surface area contributed by atoms with Gasteiger partial charge < -0.3 is 5.32 Å². The zero-order valence-corrected chi connectivity index (χ0v) is 12.2. The van der Waals surface area contributed by atoms with Crippen LogP contribution in [-0.4, -0.2) is 23.0 Å². The fourth-order valence-corrected chi connectivity index (χ4v) is 3.08. The molecule has 0 unspecified atom stereocenters. The molecule has 1 saturated heterocycles. The quantitative estimate of drug-likeness (QED) is 0.813. The minimum Gasteiger partial charge on any atom is -0.359 e. The van der Waals surface area contributed by atoms with Crippen molar-refractivity contribution in [2.24, 2.45) is 10.4 Å². The molecule has 1 aliphatic heterocycles. The first-order chi connectivity index (χ1) is 7.41. The van der Waals surface area contributed by atoms with Gasteiger partial charge in [-0.05, 0) is 24.7 Å². The molecule has 1 N–H and O–H groups in total. The summed E-state index contributed by atoms with van der Waals surface area (Å²) in [6.07, 6.45) is 3.54. The molecular formula is C13H26N2S. The van der Waals surface area contributed by atoms with Crippen LogP contribution in [0.25, 0.3) is 0 Å². The maximum absolute atomic E-state index is 4.67. The van der Waals surface area contributed by atoms with Crippen molar-refractivity contribution in [3.05, 3.63) is 0 Å². The fourth-order valence-electron chi connectivity index (χ4n) is 1.71. The van der Waals surface area contributed by atoms with Crippen molar-refractivity contribution in [1.29, 1.82) is 0 Å². The number of nitrogens with one attached hydrogen (secondary N) is 1. The van der Waals surface area contributed by atoms with Gasteiger partial charge >= 0.3 is 0 Å². The van der Waals surface area contributed by atoms with E-state index in [1.54, 1.807) is 0 Å². The molecule has 0 aromatic heterocycles. The zero-order chi connectivity index (χ0) is 12.2. The summed E-state index contributed by atoms with van der Waals surface area (Å²) in [5.41, 5.74) is 0.700. The van der Waals surface area contributed by atoms with Crippen molar-refractivity contribution >= 4 is 16.9 Å². The van der Waals surface area contributed by atoms with E-state index in [0.717, 1.165) is 18.1 Å². The standard InChI is InChI=1S/C13H26N2S/c1-6-13(7-2)10-16-11(15-13)14-9-8-12(3,4)5/h6-10H2,1-5H3,(H,14,15). The second-order valence-electron chi connectivity index (χ2n) is 5.90. The highest BCUT2D eigenvalue weighted by Gasteiger charge is 2.33. The van der Waals surface area contributed by atoms with Crippen molar-refractivity contribution < 1.29 is 0 Å². The second kappa shape index (κ2) is 5.44. The Bertz CT molecular complexity index is 249. The smallest absolute Gasteiger partial charge is 0.157 e. The Labute approximate surface area is 105 Å². The highest BCUT2D eigenvalue weighted by molar-refractivity contribution is 8.14. The third kappa shape index (κ3) is 4.00. The summed E-state index contributed by atoms with van der Waals surface area (Å²) < 4.78 is 0. The first-order valence-corrected chi connectivity index (χ1v) is 7.35. The molecule has 0 radical (unpaired) electrons. The molecule has 0 aliphatic carbocycles. The van der Waals surface area contributed by atoms with E-state index in [9.17, 15) is 0 Å². The summed E-state index contributed by atoms with van der Waals surface area (Å²) in [6, 6.07) is 0. The molecule has 1 fully saturated rings. The zero-order valence-electron chi connectivity index (χ0n) is 11.4. The Kier molecular flexibility index (Phi) is 4.72. The normalized spacial score (nSPS) is 22.4. The summed E-state index contributed by atoms with van der Waals surface area (Å²) in [4.78, 5) is 4.67. The maximum Gasteiger partial charge on any atom is 0.157 e. The number of rotatable bonds is 4. The van der Waals surface area contributed by atoms with Gasteiger partial charge in [0.05, 0.1) is 0 Å². The van der Waals surface area contributed by atoms with Crippen LogP contribution in [0.2, 0.25) is 0 Å². The van der Waals surface area contributed by atoms with Crippen molar-refractivity contribution in [3.8, 4) is 0 Å². The molecule has 0 bridgehead atoms. The van der Waals surface area contributed by atoms with Crippen LogP contribution in [0.15, 0.2) is 4.99 Å². The van der Waals surface area contributed by atoms with Gasteiger partial charge in [-0.25, -0.2) is 0 Å². The molecule has 0 aromatic rings. The second-order valence-corrected chi connectivity index (χ2v) is 6.86. The van der Waals surface area contributed by atoms with Crippen molar-refractivity contribution in [1.82, 2.24) is 5.32 Å². The lowest BCUT2D eigenvalue weighted by molar-refractivity contribution is 0.383. The number of amidine groups is 1. The van der Waals surface area contributed by atoms with E-state index in [1.165, 1.54) is 18.6 Å². The van der Waals surface area contributed by atoms with Gasteiger partial charge in [0.15, 0.2) is 5.17 Å². The number of aliphatic imine (C=N–C) groups is 1. The molecule has 0 spiro atoms. The topological polar surface area (TPSA) is 24.4 Å². The van der Waals surface area contributed by atoms with Gasteiger partial charge in [0.2, 0.25) is 0 Å². The SMILES string of the molecule is CCC1(CC)CSC(=NCCC(C)(C)C)N1. The van der Waals surface area contributed by atoms with Gasteiger partial charge in [-0.2, -0.15) is 0 Å². The van der Waals surface area contributed by atoms with Crippen LogP contribution >= 0.6 is 11.8 Å². The minimum absolute atomic E-state index is 0.311. The molecule has 1 aliphatic rings. The van der Waals surface area contributed by atoms with Crippen LogP contribution in [0.4, 0.5) is 0 Å². The lowest BCUT2D eigenvalue weighted by Gasteiger charge is -2.25. The Balaban J connectivity index is 2.44. The Morgan fingerprint density at radius 2 is 1.94 bits per heavy atom. The molecule has 0 saturated carbocycles. The van der Waals surface area contributed by atoms with Crippen LogP contribution in [0.3, 0.4) is 0 Å². The average Bonchev–Trinajstić information content (AvgIpc) is 2.61. The number of nitrogens with zero attached hydrogens (tertiary/aromatic N) is 1. The molecule has 0 amide bonds. The summed E-state index contributed by atoms with van der Waals surface area (Å²) in [7, 11) is 0. The van der Waals surface area contributed by atoms with Gasteiger partial charge in [0.1, 0.15) is 0 Å². The minimum atomic E-state index is 0.311. The van der Waals surface area contributed by atoms with E-state index in [4.69, 9.17) is 0 Å². The molecule has 94 valence electrons. The van der Waals surface area contributed by atoms with Gasteiger partial charge in [-0.15, -0.1) is 0 Å². The first kappa shape index (κ1) is 13.9. The molecule has 0 atom stereocenters. The third-order valence-corrected chi connectivity index (χ3v) is 4.53. The van der Waals surface area contributed by atoms with E-state index in [2.05, 4.69) is 44.9 Å². The Morgan fingerprint density at radius 1 is 1.31 bits per heavy atom. The lowest BCUT2D eigenvalue weighted by Crippen LogP contribution is -2.42. The predicted molar refractivity (Wildman–Crippen MR) is 75.3 cm³/mol. The van der Waals surface area contributed by atoms with Gasteiger partial charge in [0, 0.05) is 17.8 Å². The average molecular weight is 242 g/mol. The number of thioether (sulfide) groups is 1. The lowest BCUT2D eigenvalue weighted by atomic mass is 9.92. The predicted octanol–water partition coefficient (Wildman–Crippen LogP) is 3.67. The van der Waals surface area contributed by atoms with E-state index in [1.807, 2.05) is 11.8 Å². The summed E-state index contributed by atoms with van der Waals surface area (Å²) in [5, 5.41) is 4.76. The molecule has 0 aromatic carbocycles. The van der Waals surface area contributed by atoms with E-state index >= 15 is 0 Å². The monoisotopic (exact) mass is 242 g/mol. The van der Waals surface area contributed by atoms with Crippen molar-refractivity contribution in [2.75, 3.05) is 12.3 Å². The van der Waals surface area contributed by atoms with E-state index in [0.29, 0.717) is 11.0 Å². The van der Waals surface area contributed by atoms with Crippen molar-refractivity contribution in [2.45, 2.75) is 59.4 Å². The van der Waals surface area contributed by atoms with Gasteiger partial charge in [0.25, 0.3) is 0 Å². The first-order valence-electron chi connectivity index (χ1n) is 6.36. The van der Waals surface area contributed by atoms with Gasteiger partial charge in [-0.1, -0.05) is 46.4 Å². The summed E-state index contributed by atoms with van der Waals surface area (Å²) in [6.45, 7) is 12.3. The van der Waals surface area contributed by atoms with E-state index in [-0.39, 0.29) is 0 Å². The Morgan fingerprint density at radius 3 is 2.38 bits per heavy atom. The van der Waals surface area contributed by atoms with Gasteiger partial charge in [-0.3, -0.25) is 4.99 Å². The van der Waals surface area contributed by atoms with Crippen LogP contribution in [0.5, 0.6) is 0 Å². The van der Waals surface area contributed by atoms with Crippen LogP contribution in [0, 0.1) is 5.41 Å². The largest absolute Gasteiger partial charge is 0.359 e. The maximum atomic E-state index is 4.67. The molecule has 1 heterocycles. The molecule has 2 nitrogen and oxygen atoms in total. The van der Waals surface area contributed by atoms with E-state index < -0.39 is 0 Å². The summed E-state index contributed by atoms with van der Waals surface area (Å²) in [5.74, 6) is 1.17. The summed E-state index contributed by atoms with van der Waals surface area (Å²) >= 11 is 1.89. The molecule has 3 heteroatoms. The highest BCUT2D eigenvalue weighted by atomic mass is 32.2. The van der Waals surface area contributed by atoms with Crippen molar-refractivity contribution in [3.63, 3.8) is 0 Å². The number of hydrogen-bond donors (Lipinski definition) is 1. The fraction of sp³-hybridized carbons (Fsp3) is 0.923. The molecular weight excluding hydrogens is 216 g/mol. The number of hydrogen-bond acceptors (Lipinski definition) is 2. The van der Waals surface area contributed by atoms with Crippen LogP contribution < -0.4 is 5.32 Å². The molecule has 16 heavy (non-hydrogen) atoms. The molecule has 1 rings (SSSR count). The highest BCUT2D eigenvalue weighted by Crippen LogP contribution is 2.29. The Hall–Kier alpha value is -0.180. The van der Waals surface area contributed by atoms with Crippen LogP contribution in [-0.2, 0) is 0 Å². The third-order valence-electron chi connectivity index (χ3n) is 3.33.